The van der Waals surface area contributed by atoms with Gasteiger partial charge >= 0.3 is 0 Å². The summed E-state index contributed by atoms with van der Waals surface area (Å²) < 4.78 is 0. The van der Waals surface area contributed by atoms with Gasteiger partial charge in [0.25, 0.3) is 0 Å². The zero-order valence-corrected chi connectivity index (χ0v) is 8.32. The second-order valence-corrected chi connectivity index (χ2v) is 3.48. The van der Waals surface area contributed by atoms with Crippen LogP contribution in [0.2, 0.25) is 0 Å². The number of carbonyl (C=O) groups is 2. The summed E-state index contributed by atoms with van der Waals surface area (Å²) >= 11 is 0. The number of aliphatic hydroxyl groups is 1. The minimum absolute atomic E-state index is 0.00577. The fourth-order valence-corrected chi connectivity index (χ4v) is 1.66. The summed E-state index contributed by atoms with van der Waals surface area (Å²) in [6, 6.07) is -0.0590. The van der Waals surface area contributed by atoms with E-state index < -0.39 is 0 Å². The van der Waals surface area contributed by atoms with Crippen LogP contribution in [0.1, 0.15) is 19.8 Å². The van der Waals surface area contributed by atoms with Gasteiger partial charge in [-0.25, -0.2) is 0 Å². The Morgan fingerprint density at radius 2 is 2.29 bits per heavy atom. The van der Waals surface area contributed by atoms with Crippen LogP contribution in [0.5, 0.6) is 0 Å². The molecule has 0 radical (unpaired) electrons. The molecule has 2 amide bonds. The molecule has 2 N–H and O–H groups in total. The molecular weight excluding hydrogens is 184 g/mol. The molecule has 1 saturated heterocycles. The molecule has 14 heavy (non-hydrogen) atoms. The minimum atomic E-state index is -0.210. The standard InChI is InChI=1S/C9H16N2O3/c1-7(13)10-5-9(14)11-4-2-3-8(11)6-12/h8,12H,2-6H2,1H3,(H,10,13). The molecule has 0 bridgehead atoms. The lowest BCUT2D eigenvalue weighted by molar-refractivity contribution is -0.133. The first-order valence-corrected chi connectivity index (χ1v) is 4.80. The summed E-state index contributed by atoms with van der Waals surface area (Å²) in [5.41, 5.74) is 0. The van der Waals surface area contributed by atoms with Crippen molar-refractivity contribution in [3.8, 4) is 0 Å². The van der Waals surface area contributed by atoms with Crippen molar-refractivity contribution in [2.45, 2.75) is 25.8 Å². The highest BCUT2D eigenvalue weighted by atomic mass is 16.3. The first kappa shape index (κ1) is 11.0. The molecule has 0 aliphatic carbocycles. The molecule has 5 heteroatoms. The lowest BCUT2D eigenvalue weighted by Gasteiger charge is -2.22. The van der Waals surface area contributed by atoms with Crippen LogP contribution in [0.3, 0.4) is 0 Å². The van der Waals surface area contributed by atoms with Gasteiger partial charge in [-0.1, -0.05) is 0 Å². The molecule has 80 valence electrons. The lowest BCUT2D eigenvalue weighted by Crippen LogP contribution is -2.43. The van der Waals surface area contributed by atoms with Crippen LogP contribution in [0, 0.1) is 0 Å². The maximum absolute atomic E-state index is 11.5. The number of hydrogen-bond donors (Lipinski definition) is 2. The number of rotatable bonds is 3. The fourth-order valence-electron chi connectivity index (χ4n) is 1.66. The van der Waals surface area contributed by atoms with Gasteiger partial charge in [0.1, 0.15) is 0 Å². The van der Waals surface area contributed by atoms with Crippen molar-refractivity contribution in [2.24, 2.45) is 0 Å². The molecule has 1 unspecified atom stereocenters. The Hall–Kier alpha value is -1.10. The summed E-state index contributed by atoms with van der Waals surface area (Å²) in [4.78, 5) is 23.7. The van der Waals surface area contributed by atoms with Gasteiger partial charge in [0, 0.05) is 13.5 Å². The topological polar surface area (TPSA) is 69.6 Å². The molecular formula is C9H16N2O3. The van der Waals surface area contributed by atoms with E-state index >= 15 is 0 Å². The number of nitrogens with one attached hydrogen (secondary N) is 1. The Morgan fingerprint density at radius 1 is 1.57 bits per heavy atom. The predicted molar refractivity (Wildman–Crippen MR) is 50.5 cm³/mol. The number of hydrogen-bond acceptors (Lipinski definition) is 3. The van der Waals surface area contributed by atoms with E-state index in [9.17, 15) is 9.59 Å². The highest BCUT2D eigenvalue weighted by Crippen LogP contribution is 2.16. The molecule has 1 fully saturated rings. The van der Waals surface area contributed by atoms with Gasteiger partial charge < -0.3 is 15.3 Å². The van der Waals surface area contributed by atoms with E-state index in [1.54, 1.807) is 4.90 Å². The molecule has 1 aliphatic rings. The van der Waals surface area contributed by atoms with Crippen LogP contribution in [-0.2, 0) is 9.59 Å². The Bertz CT molecular complexity index is 230. The normalized spacial score (nSPS) is 21.0. The SMILES string of the molecule is CC(=O)NCC(=O)N1CCCC1CO. The van der Waals surface area contributed by atoms with E-state index in [4.69, 9.17) is 5.11 Å². The lowest BCUT2D eigenvalue weighted by atomic mass is 10.2. The summed E-state index contributed by atoms with van der Waals surface area (Å²) in [5.74, 6) is -0.324. The zero-order chi connectivity index (χ0) is 10.6. The van der Waals surface area contributed by atoms with Crippen LogP contribution in [0.4, 0.5) is 0 Å². The van der Waals surface area contributed by atoms with Crippen LogP contribution >= 0.6 is 0 Å². The third-order valence-corrected chi connectivity index (χ3v) is 2.40. The van der Waals surface area contributed by atoms with E-state index in [1.807, 2.05) is 0 Å². The van der Waals surface area contributed by atoms with E-state index in [2.05, 4.69) is 5.32 Å². The molecule has 1 aliphatic heterocycles. The molecule has 5 nitrogen and oxygen atoms in total. The van der Waals surface area contributed by atoms with Crippen LogP contribution in [0.15, 0.2) is 0 Å². The number of amides is 2. The van der Waals surface area contributed by atoms with E-state index in [1.165, 1.54) is 6.92 Å². The second-order valence-electron chi connectivity index (χ2n) is 3.48. The minimum Gasteiger partial charge on any atom is -0.394 e. The first-order chi connectivity index (χ1) is 6.65. The summed E-state index contributed by atoms with van der Waals surface area (Å²) in [6.45, 7) is 2.10. The van der Waals surface area contributed by atoms with E-state index in [0.29, 0.717) is 6.54 Å². The number of carbonyl (C=O) groups excluding carboxylic acids is 2. The van der Waals surface area contributed by atoms with Crippen molar-refractivity contribution >= 4 is 11.8 Å². The Morgan fingerprint density at radius 3 is 2.86 bits per heavy atom. The average molecular weight is 200 g/mol. The molecule has 0 aromatic rings. The van der Waals surface area contributed by atoms with Crippen molar-refractivity contribution in [1.82, 2.24) is 10.2 Å². The Kier molecular flexibility index (Phi) is 3.88. The van der Waals surface area contributed by atoms with Gasteiger partial charge in [0.15, 0.2) is 0 Å². The predicted octanol–water partition coefficient (Wildman–Crippen LogP) is -0.894. The van der Waals surface area contributed by atoms with Gasteiger partial charge in [0.05, 0.1) is 19.2 Å². The van der Waals surface area contributed by atoms with Gasteiger partial charge in [-0.15, -0.1) is 0 Å². The molecule has 0 saturated carbocycles. The van der Waals surface area contributed by atoms with Crippen molar-refractivity contribution < 1.29 is 14.7 Å². The quantitative estimate of drug-likeness (QED) is 0.620. The van der Waals surface area contributed by atoms with Crippen LogP contribution in [0.25, 0.3) is 0 Å². The maximum Gasteiger partial charge on any atom is 0.242 e. The van der Waals surface area contributed by atoms with Crippen molar-refractivity contribution in [3.05, 3.63) is 0 Å². The van der Waals surface area contributed by atoms with Gasteiger partial charge in [-0.3, -0.25) is 9.59 Å². The Labute approximate surface area is 83.1 Å². The average Bonchev–Trinajstić information content (AvgIpc) is 2.61. The van der Waals surface area contributed by atoms with Gasteiger partial charge in [-0.2, -0.15) is 0 Å². The largest absolute Gasteiger partial charge is 0.394 e. The number of likely N-dealkylation sites (tertiary alicyclic amines) is 1. The summed E-state index contributed by atoms with van der Waals surface area (Å²) in [5, 5.41) is 11.4. The fraction of sp³-hybridized carbons (Fsp3) is 0.778. The highest BCUT2D eigenvalue weighted by Gasteiger charge is 2.27. The second kappa shape index (κ2) is 4.95. The zero-order valence-electron chi connectivity index (χ0n) is 8.32. The van der Waals surface area contributed by atoms with Crippen LogP contribution < -0.4 is 5.32 Å². The smallest absolute Gasteiger partial charge is 0.242 e. The third-order valence-electron chi connectivity index (χ3n) is 2.40. The van der Waals surface area contributed by atoms with Gasteiger partial charge in [-0.05, 0) is 12.8 Å². The molecule has 1 rings (SSSR count). The van der Waals surface area contributed by atoms with Gasteiger partial charge in [0.2, 0.25) is 11.8 Å². The van der Waals surface area contributed by atoms with E-state index in [-0.39, 0.29) is 31.0 Å². The molecule has 0 aromatic carbocycles. The molecule has 0 aromatic heterocycles. The number of aliphatic hydroxyl groups excluding tert-OH is 1. The number of nitrogens with zero attached hydrogens (tertiary/aromatic N) is 1. The molecule has 1 atom stereocenters. The third kappa shape index (κ3) is 2.70. The van der Waals surface area contributed by atoms with Crippen molar-refractivity contribution in [1.29, 1.82) is 0 Å². The maximum atomic E-state index is 11.5. The summed E-state index contributed by atoms with van der Waals surface area (Å²) in [6.07, 6.45) is 1.78. The van der Waals surface area contributed by atoms with E-state index in [0.717, 1.165) is 12.8 Å². The monoisotopic (exact) mass is 200 g/mol. The van der Waals surface area contributed by atoms with Crippen molar-refractivity contribution in [2.75, 3.05) is 19.7 Å². The highest BCUT2D eigenvalue weighted by molar-refractivity contribution is 5.84. The molecule has 1 heterocycles. The van der Waals surface area contributed by atoms with Crippen LogP contribution in [-0.4, -0.2) is 47.6 Å². The Balaban J connectivity index is 2.39. The van der Waals surface area contributed by atoms with Crippen molar-refractivity contribution in [3.63, 3.8) is 0 Å². The first-order valence-electron chi connectivity index (χ1n) is 4.80. The summed E-state index contributed by atoms with van der Waals surface area (Å²) in [7, 11) is 0. The molecule has 0 spiro atoms.